The quantitative estimate of drug-likeness (QED) is 0.853. The number of hydrogen-bond acceptors (Lipinski definition) is 2. The van der Waals surface area contributed by atoms with Crippen LogP contribution in [0.2, 0.25) is 0 Å². The highest BCUT2D eigenvalue weighted by Gasteiger charge is 2.49. The van der Waals surface area contributed by atoms with E-state index in [1.807, 2.05) is 6.20 Å². The lowest BCUT2D eigenvalue weighted by Gasteiger charge is -2.38. The Labute approximate surface area is 116 Å². The average molecular weight is 261 g/mol. The van der Waals surface area contributed by atoms with E-state index in [-0.39, 0.29) is 0 Å². The van der Waals surface area contributed by atoms with Crippen molar-refractivity contribution in [2.45, 2.75) is 45.4 Å². The van der Waals surface area contributed by atoms with Gasteiger partial charge in [-0.05, 0) is 49.5 Å². The van der Waals surface area contributed by atoms with Crippen molar-refractivity contribution in [1.82, 2.24) is 14.9 Å². The predicted octanol–water partition coefficient (Wildman–Crippen LogP) is 2.77. The Bertz CT molecular complexity index is 425. The third-order valence-electron chi connectivity index (χ3n) is 5.60. The van der Waals surface area contributed by atoms with Gasteiger partial charge in [0.2, 0.25) is 0 Å². The highest BCUT2D eigenvalue weighted by molar-refractivity contribution is 5.03. The Morgan fingerprint density at radius 2 is 2.37 bits per heavy atom. The van der Waals surface area contributed by atoms with Crippen LogP contribution in [0.25, 0.3) is 0 Å². The van der Waals surface area contributed by atoms with E-state index in [1.165, 1.54) is 44.5 Å². The Hall–Kier alpha value is -0.830. The molecule has 3 nitrogen and oxygen atoms in total. The monoisotopic (exact) mass is 261 g/mol. The molecule has 106 valence electrons. The van der Waals surface area contributed by atoms with Crippen molar-refractivity contribution >= 4 is 0 Å². The number of rotatable bonds is 6. The van der Waals surface area contributed by atoms with Crippen molar-refractivity contribution in [1.29, 1.82) is 0 Å². The van der Waals surface area contributed by atoms with Gasteiger partial charge in [-0.1, -0.05) is 13.3 Å². The molecule has 1 N–H and O–H groups in total. The maximum atomic E-state index is 4.49. The summed E-state index contributed by atoms with van der Waals surface area (Å²) in [6.07, 6.45) is 12.3. The fourth-order valence-electron chi connectivity index (χ4n) is 4.54. The highest BCUT2D eigenvalue weighted by Crippen LogP contribution is 2.57. The fraction of sp³-hybridized carbons (Fsp3) is 0.812. The summed E-state index contributed by atoms with van der Waals surface area (Å²) in [5.41, 5.74) is 0.560. The number of aryl methyl sites for hydroxylation is 2. The van der Waals surface area contributed by atoms with Crippen molar-refractivity contribution in [3.05, 3.63) is 18.2 Å². The van der Waals surface area contributed by atoms with Gasteiger partial charge in [0, 0.05) is 32.4 Å². The molecule has 2 aliphatic rings. The van der Waals surface area contributed by atoms with Gasteiger partial charge in [0.15, 0.2) is 0 Å². The number of nitrogens with one attached hydrogen (secondary N) is 1. The minimum absolute atomic E-state index is 0.560. The molecule has 2 aliphatic carbocycles. The molecule has 0 amide bonds. The molecule has 2 fully saturated rings. The molecule has 0 saturated heterocycles. The van der Waals surface area contributed by atoms with Gasteiger partial charge in [0.05, 0.1) is 0 Å². The Morgan fingerprint density at radius 1 is 1.47 bits per heavy atom. The molecule has 1 heterocycles. The molecule has 19 heavy (non-hydrogen) atoms. The number of fused-ring (bicyclic) bond motifs is 2. The second-order valence-corrected chi connectivity index (χ2v) is 6.68. The number of nitrogens with zero attached hydrogens (tertiary/aromatic N) is 2. The second kappa shape index (κ2) is 5.28. The van der Waals surface area contributed by atoms with Crippen LogP contribution in [0.5, 0.6) is 0 Å². The van der Waals surface area contributed by atoms with Crippen LogP contribution >= 0.6 is 0 Å². The van der Waals surface area contributed by atoms with E-state index in [0.29, 0.717) is 5.41 Å². The maximum Gasteiger partial charge on any atom is 0.108 e. The van der Waals surface area contributed by atoms with Crippen molar-refractivity contribution < 1.29 is 0 Å². The molecular formula is C16H27N3. The Balaban J connectivity index is 1.68. The van der Waals surface area contributed by atoms with Crippen LogP contribution in [0.3, 0.4) is 0 Å². The molecule has 3 rings (SSSR count). The third-order valence-corrected chi connectivity index (χ3v) is 5.60. The Kier molecular flexibility index (Phi) is 3.66. The lowest BCUT2D eigenvalue weighted by atomic mass is 9.70. The number of imidazole rings is 1. The van der Waals surface area contributed by atoms with Crippen LogP contribution in [-0.4, -0.2) is 22.6 Å². The topological polar surface area (TPSA) is 29.9 Å². The molecular weight excluding hydrogens is 234 g/mol. The normalized spacial score (nSPS) is 33.2. The summed E-state index contributed by atoms with van der Waals surface area (Å²) in [5.74, 6) is 3.24. The van der Waals surface area contributed by atoms with E-state index >= 15 is 0 Å². The van der Waals surface area contributed by atoms with Crippen LogP contribution in [0.1, 0.15) is 44.9 Å². The highest BCUT2D eigenvalue weighted by atomic mass is 15.0. The van der Waals surface area contributed by atoms with E-state index in [4.69, 9.17) is 0 Å². The average Bonchev–Trinajstić information content (AvgIpc) is 3.10. The zero-order valence-electron chi connectivity index (χ0n) is 12.4. The fourth-order valence-corrected chi connectivity index (χ4v) is 4.54. The van der Waals surface area contributed by atoms with Gasteiger partial charge in [-0.3, -0.25) is 0 Å². The standard InChI is InChI=1S/C16H27N3/c1-3-17-12-16(11-13-4-5-14(16)10-13)7-6-15-18-8-9-19(15)2/h8-9,13-14,17H,3-7,10-12H2,1-2H3. The molecule has 0 aromatic carbocycles. The lowest BCUT2D eigenvalue weighted by molar-refractivity contribution is 0.143. The summed E-state index contributed by atoms with van der Waals surface area (Å²) in [6, 6.07) is 0. The van der Waals surface area contributed by atoms with E-state index in [9.17, 15) is 0 Å². The van der Waals surface area contributed by atoms with E-state index in [2.05, 4.69) is 35.0 Å². The maximum absolute atomic E-state index is 4.49. The molecule has 1 aromatic rings. The lowest BCUT2D eigenvalue weighted by Crippen LogP contribution is -2.39. The summed E-state index contributed by atoms with van der Waals surface area (Å²) in [7, 11) is 2.11. The predicted molar refractivity (Wildman–Crippen MR) is 78.0 cm³/mol. The first-order chi connectivity index (χ1) is 9.23. The van der Waals surface area contributed by atoms with Gasteiger partial charge in [-0.25, -0.2) is 4.98 Å². The van der Waals surface area contributed by atoms with Gasteiger partial charge >= 0.3 is 0 Å². The largest absolute Gasteiger partial charge is 0.338 e. The van der Waals surface area contributed by atoms with E-state index in [0.717, 1.165) is 24.8 Å². The van der Waals surface area contributed by atoms with Crippen LogP contribution < -0.4 is 5.32 Å². The zero-order valence-corrected chi connectivity index (χ0v) is 12.4. The van der Waals surface area contributed by atoms with E-state index in [1.54, 1.807) is 0 Å². The molecule has 0 radical (unpaired) electrons. The minimum atomic E-state index is 0.560. The molecule has 2 saturated carbocycles. The van der Waals surface area contributed by atoms with Crippen LogP contribution in [0, 0.1) is 17.3 Å². The first kappa shape index (κ1) is 13.2. The van der Waals surface area contributed by atoms with E-state index < -0.39 is 0 Å². The molecule has 0 spiro atoms. The summed E-state index contributed by atoms with van der Waals surface area (Å²) < 4.78 is 2.17. The van der Waals surface area contributed by atoms with Gasteiger partial charge < -0.3 is 9.88 Å². The molecule has 2 bridgehead atoms. The van der Waals surface area contributed by atoms with Crippen LogP contribution in [0.4, 0.5) is 0 Å². The Morgan fingerprint density at radius 3 is 2.95 bits per heavy atom. The van der Waals surface area contributed by atoms with Crippen molar-refractivity contribution in [2.24, 2.45) is 24.3 Å². The van der Waals surface area contributed by atoms with Crippen LogP contribution in [0.15, 0.2) is 12.4 Å². The first-order valence-corrected chi connectivity index (χ1v) is 7.90. The SMILES string of the molecule is CCNCC1(CCc2nccn2C)CC2CCC1C2. The van der Waals surface area contributed by atoms with Gasteiger partial charge in [0.1, 0.15) is 5.82 Å². The summed E-state index contributed by atoms with van der Waals surface area (Å²) >= 11 is 0. The molecule has 3 heteroatoms. The van der Waals surface area contributed by atoms with Crippen LogP contribution in [-0.2, 0) is 13.5 Å². The molecule has 0 aliphatic heterocycles. The van der Waals surface area contributed by atoms with Crippen molar-refractivity contribution in [3.63, 3.8) is 0 Å². The molecule has 1 aromatic heterocycles. The van der Waals surface area contributed by atoms with Crippen molar-refractivity contribution in [2.75, 3.05) is 13.1 Å². The van der Waals surface area contributed by atoms with Gasteiger partial charge in [-0.15, -0.1) is 0 Å². The summed E-state index contributed by atoms with van der Waals surface area (Å²) in [6.45, 7) is 4.54. The number of aromatic nitrogens is 2. The zero-order chi connectivity index (χ0) is 13.3. The number of hydrogen-bond donors (Lipinski definition) is 1. The smallest absolute Gasteiger partial charge is 0.108 e. The first-order valence-electron chi connectivity index (χ1n) is 7.90. The molecule has 3 unspecified atom stereocenters. The van der Waals surface area contributed by atoms with Crippen molar-refractivity contribution in [3.8, 4) is 0 Å². The van der Waals surface area contributed by atoms with Gasteiger partial charge in [-0.2, -0.15) is 0 Å². The second-order valence-electron chi connectivity index (χ2n) is 6.68. The summed E-state index contributed by atoms with van der Waals surface area (Å²) in [4.78, 5) is 4.49. The molecule has 3 atom stereocenters. The third kappa shape index (κ3) is 2.45. The minimum Gasteiger partial charge on any atom is -0.338 e. The summed E-state index contributed by atoms with van der Waals surface area (Å²) in [5, 5.41) is 3.63. The van der Waals surface area contributed by atoms with Gasteiger partial charge in [0.25, 0.3) is 0 Å².